The van der Waals surface area contributed by atoms with Crippen molar-refractivity contribution in [2.45, 2.75) is 39.7 Å². The number of benzene rings is 2. The fraction of sp³-hybridized carbons (Fsp3) is 0.360. The number of aromatic nitrogens is 4. The molecule has 0 bridgehead atoms. The van der Waals surface area contributed by atoms with E-state index in [9.17, 15) is 9.18 Å². The molecule has 2 aromatic heterocycles. The Morgan fingerprint density at radius 1 is 1.09 bits per heavy atom. The van der Waals surface area contributed by atoms with E-state index in [0.717, 1.165) is 37.2 Å². The van der Waals surface area contributed by atoms with Gasteiger partial charge >= 0.3 is 0 Å². The first-order valence-corrected chi connectivity index (χ1v) is 11.6. The number of nitrogens with one attached hydrogen (secondary N) is 1. The third-order valence-corrected chi connectivity index (χ3v) is 5.81. The molecule has 4 aromatic rings. The molecule has 0 aliphatic carbocycles. The Morgan fingerprint density at radius 3 is 2.62 bits per heavy atom. The van der Waals surface area contributed by atoms with Gasteiger partial charge in [-0.3, -0.25) is 10.1 Å². The standard InChI is InChI=1S/C25H29FN6O2/c1-3-31(4-2)16-17-32-21-9-6-5-8-20(21)27-25(32)28-22(33)10-7-11-23-29-24(30-34-23)18-12-14-19(26)15-13-18/h5-6,8-9,12-15H,3-4,7,10-11,16-17H2,1-2H3,(H,27,28,33). The number of carbonyl (C=O) groups is 1. The summed E-state index contributed by atoms with van der Waals surface area (Å²) in [5, 5.41) is 6.91. The number of aryl methyl sites for hydroxylation is 1. The van der Waals surface area contributed by atoms with E-state index in [4.69, 9.17) is 4.52 Å². The molecule has 1 amide bonds. The SMILES string of the molecule is CCN(CC)CCn1c(NC(=O)CCCc2nc(-c3ccc(F)cc3)no2)nc2ccccc21. The van der Waals surface area contributed by atoms with Crippen LogP contribution in [0.25, 0.3) is 22.4 Å². The van der Waals surface area contributed by atoms with Crippen LogP contribution in [-0.4, -0.2) is 50.1 Å². The average Bonchev–Trinajstić information content (AvgIpc) is 3.45. The first-order valence-electron chi connectivity index (χ1n) is 11.6. The summed E-state index contributed by atoms with van der Waals surface area (Å²) in [7, 11) is 0. The summed E-state index contributed by atoms with van der Waals surface area (Å²) in [6.45, 7) is 7.86. The van der Waals surface area contributed by atoms with E-state index in [2.05, 4.69) is 43.8 Å². The largest absolute Gasteiger partial charge is 0.339 e. The third kappa shape index (κ3) is 5.66. The lowest BCUT2D eigenvalue weighted by Crippen LogP contribution is -2.27. The van der Waals surface area contributed by atoms with E-state index in [1.807, 2.05) is 24.3 Å². The molecule has 2 aromatic carbocycles. The van der Waals surface area contributed by atoms with E-state index in [0.29, 0.717) is 42.5 Å². The first-order chi connectivity index (χ1) is 16.6. The van der Waals surface area contributed by atoms with Gasteiger partial charge in [0.25, 0.3) is 0 Å². The lowest BCUT2D eigenvalue weighted by atomic mass is 10.2. The van der Waals surface area contributed by atoms with E-state index in [1.54, 1.807) is 12.1 Å². The Morgan fingerprint density at radius 2 is 1.85 bits per heavy atom. The van der Waals surface area contributed by atoms with Crippen molar-refractivity contribution < 1.29 is 13.7 Å². The Bertz CT molecular complexity index is 1230. The quantitative estimate of drug-likeness (QED) is 0.351. The zero-order valence-electron chi connectivity index (χ0n) is 19.5. The predicted octanol–water partition coefficient (Wildman–Crippen LogP) is 4.53. The number of anilines is 1. The van der Waals surface area contributed by atoms with Gasteiger partial charge in [-0.2, -0.15) is 4.98 Å². The van der Waals surface area contributed by atoms with E-state index < -0.39 is 0 Å². The number of nitrogens with zero attached hydrogens (tertiary/aromatic N) is 5. The van der Waals surface area contributed by atoms with Gasteiger partial charge in [0.1, 0.15) is 5.82 Å². The molecule has 0 radical (unpaired) electrons. The van der Waals surface area contributed by atoms with Crippen LogP contribution in [0.1, 0.15) is 32.6 Å². The first kappa shape index (κ1) is 23.6. The molecule has 0 saturated carbocycles. The molecular formula is C25H29FN6O2. The highest BCUT2D eigenvalue weighted by molar-refractivity contribution is 5.91. The highest BCUT2D eigenvalue weighted by atomic mass is 19.1. The number of carbonyl (C=O) groups excluding carboxylic acids is 1. The molecule has 0 aliphatic rings. The summed E-state index contributed by atoms with van der Waals surface area (Å²) >= 11 is 0. The number of likely N-dealkylation sites (N-methyl/N-ethyl adjacent to an activating group) is 1. The molecule has 0 atom stereocenters. The van der Waals surface area contributed by atoms with Crippen LogP contribution in [-0.2, 0) is 17.8 Å². The maximum atomic E-state index is 13.1. The number of para-hydroxylation sites is 2. The maximum Gasteiger partial charge on any atom is 0.226 e. The summed E-state index contributed by atoms with van der Waals surface area (Å²) in [6, 6.07) is 13.8. The van der Waals surface area contributed by atoms with E-state index in [1.165, 1.54) is 12.1 Å². The van der Waals surface area contributed by atoms with Crippen LogP contribution in [0.2, 0.25) is 0 Å². The summed E-state index contributed by atoms with van der Waals surface area (Å²) in [5.74, 6) is 0.979. The summed E-state index contributed by atoms with van der Waals surface area (Å²) in [4.78, 5) is 24.0. The van der Waals surface area contributed by atoms with E-state index in [-0.39, 0.29) is 11.7 Å². The molecule has 178 valence electrons. The zero-order chi connectivity index (χ0) is 23.9. The Labute approximate surface area is 197 Å². The Balaban J connectivity index is 1.35. The zero-order valence-corrected chi connectivity index (χ0v) is 19.5. The molecule has 0 spiro atoms. The smallest absolute Gasteiger partial charge is 0.226 e. The van der Waals surface area contributed by atoms with Crippen LogP contribution in [0.15, 0.2) is 53.1 Å². The number of imidazole rings is 1. The van der Waals surface area contributed by atoms with Gasteiger partial charge in [0.05, 0.1) is 11.0 Å². The number of amides is 1. The van der Waals surface area contributed by atoms with Crippen LogP contribution >= 0.6 is 0 Å². The fourth-order valence-corrected chi connectivity index (χ4v) is 3.84. The van der Waals surface area contributed by atoms with E-state index >= 15 is 0 Å². The molecule has 0 fully saturated rings. The van der Waals surface area contributed by atoms with Crippen molar-refractivity contribution >= 4 is 22.9 Å². The molecule has 0 unspecified atom stereocenters. The third-order valence-electron chi connectivity index (χ3n) is 5.81. The highest BCUT2D eigenvalue weighted by Gasteiger charge is 2.15. The topological polar surface area (TPSA) is 89.1 Å². The minimum Gasteiger partial charge on any atom is -0.339 e. The Kier molecular flexibility index (Phi) is 7.64. The number of hydrogen-bond donors (Lipinski definition) is 1. The minimum atomic E-state index is -0.319. The van der Waals surface area contributed by atoms with Gasteiger partial charge in [-0.25, -0.2) is 9.37 Å². The summed E-state index contributed by atoms with van der Waals surface area (Å²) in [6.07, 6.45) is 1.32. The Hall–Kier alpha value is -3.59. The molecule has 2 heterocycles. The van der Waals surface area contributed by atoms with Gasteiger partial charge in [0.2, 0.25) is 23.6 Å². The molecule has 4 rings (SSSR count). The lowest BCUT2D eigenvalue weighted by Gasteiger charge is -2.19. The number of rotatable bonds is 11. The van der Waals surface area contributed by atoms with Gasteiger partial charge in [0.15, 0.2) is 0 Å². The molecular weight excluding hydrogens is 435 g/mol. The van der Waals surface area contributed by atoms with Crippen molar-refractivity contribution in [3.8, 4) is 11.4 Å². The van der Waals surface area contributed by atoms with Crippen LogP contribution in [0.4, 0.5) is 10.3 Å². The molecule has 0 saturated heterocycles. The van der Waals surface area contributed by atoms with Gasteiger partial charge in [-0.15, -0.1) is 0 Å². The van der Waals surface area contributed by atoms with Crippen LogP contribution in [0.3, 0.4) is 0 Å². The van der Waals surface area contributed by atoms with Crippen molar-refractivity contribution in [1.82, 2.24) is 24.6 Å². The van der Waals surface area contributed by atoms with Crippen molar-refractivity contribution in [3.63, 3.8) is 0 Å². The molecule has 34 heavy (non-hydrogen) atoms. The van der Waals surface area contributed by atoms with Gasteiger partial charge in [0, 0.05) is 31.5 Å². The number of halogens is 1. The number of fused-ring (bicyclic) bond motifs is 1. The second-order valence-electron chi connectivity index (χ2n) is 8.02. The normalized spacial score (nSPS) is 11.4. The van der Waals surface area contributed by atoms with Crippen molar-refractivity contribution in [3.05, 3.63) is 60.2 Å². The lowest BCUT2D eigenvalue weighted by molar-refractivity contribution is -0.116. The van der Waals surface area contributed by atoms with Crippen molar-refractivity contribution in [1.29, 1.82) is 0 Å². The van der Waals surface area contributed by atoms with Crippen molar-refractivity contribution in [2.75, 3.05) is 25.0 Å². The monoisotopic (exact) mass is 464 g/mol. The second-order valence-corrected chi connectivity index (χ2v) is 8.02. The van der Waals surface area contributed by atoms with Gasteiger partial charge in [-0.05, 0) is 55.9 Å². The molecule has 9 heteroatoms. The van der Waals surface area contributed by atoms with Gasteiger partial charge < -0.3 is 14.0 Å². The highest BCUT2D eigenvalue weighted by Crippen LogP contribution is 2.20. The number of hydrogen-bond acceptors (Lipinski definition) is 6. The van der Waals surface area contributed by atoms with Crippen LogP contribution in [0.5, 0.6) is 0 Å². The predicted molar refractivity (Wildman–Crippen MR) is 129 cm³/mol. The fourth-order valence-electron chi connectivity index (χ4n) is 3.84. The molecule has 8 nitrogen and oxygen atoms in total. The molecule has 1 N–H and O–H groups in total. The second kappa shape index (κ2) is 11.0. The summed E-state index contributed by atoms with van der Waals surface area (Å²) < 4.78 is 20.4. The molecule has 0 aliphatic heterocycles. The average molecular weight is 465 g/mol. The van der Waals surface area contributed by atoms with Crippen LogP contribution < -0.4 is 5.32 Å². The maximum absolute atomic E-state index is 13.1. The van der Waals surface area contributed by atoms with Crippen LogP contribution in [0, 0.1) is 5.82 Å². The summed E-state index contributed by atoms with van der Waals surface area (Å²) in [5.41, 5.74) is 2.54. The van der Waals surface area contributed by atoms with Crippen molar-refractivity contribution in [2.24, 2.45) is 0 Å². The minimum absolute atomic E-state index is 0.113. The van der Waals surface area contributed by atoms with Gasteiger partial charge in [-0.1, -0.05) is 31.1 Å².